The Morgan fingerprint density at radius 2 is 2.32 bits per heavy atom. The van der Waals surface area contributed by atoms with Crippen molar-refractivity contribution in [3.05, 3.63) is 29.8 Å². The lowest BCUT2D eigenvalue weighted by Gasteiger charge is -2.15. The van der Waals surface area contributed by atoms with Gasteiger partial charge in [-0.15, -0.1) is 0 Å². The van der Waals surface area contributed by atoms with Gasteiger partial charge in [0.2, 0.25) is 0 Å². The van der Waals surface area contributed by atoms with Gasteiger partial charge in [0.1, 0.15) is 17.8 Å². The highest BCUT2D eigenvalue weighted by atomic mass is 16.5. The molecule has 1 aromatic carbocycles. The Labute approximate surface area is 112 Å². The number of rotatable bonds is 4. The normalized spacial score (nSPS) is 23.6. The zero-order valence-electron chi connectivity index (χ0n) is 11.1. The van der Waals surface area contributed by atoms with Crippen LogP contribution in [0.3, 0.4) is 0 Å². The molecule has 0 N–H and O–H groups in total. The summed E-state index contributed by atoms with van der Waals surface area (Å²) in [6, 6.07) is 9.14. The Morgan fingerprint density at radius 1 is 1.53 bits per heavy atom. The van der Waals surface area contributed by atoms with Crippen LogP contribution in [0.15, 0.2) is 24.3 Å². The molecule has 4 heteroatoms. The summed E-state index contributed by atoms with van der Waals surface area (Å²) in [7, 11) is 1.56. The molecule has 3 unspecified atom stereocenters. The quantitative estimate of drug-likeness (QED) is 0.833. The maximum absolute atomic E-state index is 12.3. The smallest absolute Gasteiger partial charge is 0.183 e. The number of nitrogens with zero attached hydrogens (tertiary/aromatic N) is 1. The number of benzene rings is 1. The molecule has 0 saturated carbocycles. The summed E-state index contributed by atoms with van der Waals surface area (Å²) in [6.07, 6.45) is 1.21. The van der Waals surface area contributed by atoms with E-state index >= 15 is 0 Å². The number of hydrogen-bond donors (Lipinski definition) is 0. The Hall–Kier alpha value is -1.86. The van der Waals surface area contributed by atoms with Crippen LogP contribution in [-0.4, -0.2) is 25.1 Å². The third kappa shape index (κ3) is 2.94. The largest absolute Gasteiger partial charge is 0.497 e. The van der Waals surface area contributed by atoms with Crippen LogP contribution >= 0.6 is 0 Å². The molecule has 1 aliphatic heterocycles. The van der Waals surface area contributed by atoms with E-state index in [1.54, 1.807) is 31.4 Å². The number of carbonyl (C=O) groups is 1. The second-order valence-corrected chi connectivity index (χ2v) is 4.75. The van der Waals surface area contributed by atoms with Crippen molar-refractivity contribution in [3.63, 3.8) is 0 Å². The van der Waals surface area contributed by atoms with Crippen LogP contribution in [0.25, 0.3) is 0 Å². The van der Waals surface area contributed by atoms with Crippen LogP contribution < -0.4 is 4.74 Å². The summed E-state index contributed by atoms with van der Waals surface area (Å²) in [4.78, 5) is 12.3. The molecule has 4 nitrogen and oxygen atoms in total. The van der Waals surface area contributed by atoms with E-state index < -0.39 is 12.0 Å². The second-order valence-electron chi connectivity index (χ2n) is 4.75. The minimum absolute atomic E-state index is 0.0959. The molecule has 1 aromatic rings. The van der Waals surface area contributed by atoms with E-state index in [9.17, 15) is 10.1 Å². The fourth-order valence-electron chi connectivity index (χ4n) is 2.32. The van der Waals surface area contributed by atoms with Crippen LogP contribution in [0.2, 0.25) is 0 Å². The molecular formula is C15H17NO3. The van der Waals surface area contributed by atoms with Crippen LogP contribution in [0.1, 0.15) is 31.2 Å². The van der Waals surface area contributed by atoms with Crippen LogP contribution in [0.4, 0.5) is 0 Å². The van der Waals surface area contributed by atoms with Gasteiger partial charge in [0, 0.05) is 0 Å². The lowest BCUT2D eigenvalue weighted by atomic mass is 9.92. The molecule has 1 aliphatic rings. The van der Waals surface area contributed by atoms with Crippen molar-refractivity contribution in [2.24, 2.45) is 0 Å². The van der Waals surface area contributed by atoms with E-state index in [4.69, 9.17) is 9.47 Å². The lowest BCUT2D eigenvalue weighted by Crippen LogP contribution is -2.26. The number of Topliss-reactive ketones (excluding diaryl/α,β-unsaturated/α-hetero) is 1. The summed E-state index contributed by atoms with van der Waals surface area (Å²) >= 11 is 0. The molecule has 0 radical (unpaired) electrons. The summed E-state index contributed by atoms with van der Waals surface area (Å²) in [5, 5.41) is 9.27. The summed E-state index contributed by atoms with van der Waals surface area (Å²) in [5.41, 5.74) is 0.662. The van der Waals surface area contributed by atoms with Gasteiger partial charge in [0.15, 0.2) is 5.78 Å². The molecule has 1 fully saturated rings. The van der Waals surface area contributed by atoms with Crippen molar-refractivity contribution in [2.75, 3.05) is 7.11 Å². The first-order valence-electron chi connectivity index (χ1n) is 6.38. The van der Waals surface area contributed by atoms with Crippen LogP contribution in [0.5, 0.6) is 5.75 Å². The van der Waals surface area contributed by atoms with E-state index in [1.165, 1.54) is 0 Å². The monoisotopic (exact) mass is 259 g/mol. The third-order valence-electron chi connectivity index (χ3n) is 3.39. The average Bonchev–Trinajstić information content (AvgIpc) is 2.86. The number of ether oxygens (including phenoxy) is 2. The Kier molecular flexibility index (Phi) is 4.18. The molecule has 0 aliphatic carbocycles. The molecule has 1 saturated heterocycles. The minimum Gasteiger partial charge on any atom is -0.497 e. The predicted molar refractivity (Wildman–Crippen MR) is 69.9 cm³/mol. The van der Waals surface area contributed by atoms with Crippen molar-refractivity contribution in [1.29, 1.82) is 5.26 Å². The third-order valence-corrected chi connectivity index (χ3v) is 3.39. The molecule has 0 bridgehead atoms. The van der Waals surface area contributed by atoms with Gasteiger partial charge in [0.05, 0.1) is 19.3 Å². The number of hydrogen-bond acceptors (Lipinski definition) is 4. The van der Waals surface area contributed by atoms with E-state index in [0.717, 1.165) is 6.42 Å². The van der Waals surface area contributed by atoms with Gasteiger partial charge >= 0.3 is 0 Å². The number of methoxy groups -OCH3 is 1. The highest BCUT2D eigenvalue weighted by Crippen LogP contribution is 2.28. The highest BCUT2D eigenvalue weighted by Gasteiger charge is 2.34. The van der Waals surface area contributed by atoms with Crippen molar-refractivity contribution in [1.82, 2.24) is 0 Å². The maximum Gasteiger partial charge on any atom is 0.183 e. The van der Waals surface area contributed by atoms with Gasteiger partial charge in [0.25, 0.3) is 0 Å². The highest BCUT2D eigenvalue weighted by molar-refractivity contribution is 5.92. The molecule has 0 amide bonds. The van der Waals surface area contributed by atoms with E-state index in [1.807, 2.05) is 6.92 Å². The molecule has 0 aromatic heterocycles. The predicted octanol–water partition coefficient (Wildman–Crippen LogP) is 2.44. The summed E-state index contributed by atoms with van der Waals surface area (Å²) in [6.45, 7) is 1.94. The van der Waals surface area contributed by atoms with Crippen LogP contribution in [-0.2, 0) is 9.53 Å². The fraction of sp³-hybridized carbons (Fsp3) is 0.467. The number of ketones is 1. The topological polar surface area (TPSA) is 59.3 Å². The van der Waals surface area contributed by atoms with Crippen molar-refractivity contribution < 1.29 is 14.3 Å². The summed E-state index contributed by atoms with van der Waals surface area (Å²) in [5.74, 6) is -0.295. The van der Waals surface area contributed by atoms with Gasteiger partial charge in [-0.3, -0.25) is 4.79 Å². The van der Waals surface area contributed by atoms with Crippen molar-refractivity contribution in [2.45, 2.75) is 37.9 Å². The van der Waals surface area contributed by atoms with E-state index in [2.05, 4.69) is 6.07 Å². The van der Waals surface area contributed by atoms with Crippen molar-refractivity contribution in [3.8, 4) is 11.8 Å². The standard InChI is InChI=1S/C15H17NO3/c1-10-6-7-14(19-10)15(17)13(9-16)11-4-3-5-12(8-11)18-2/h3-5,8,10,13-14H,6-7H2,1-2H3. The molecule has 100 valence electrons. The minimum atomic E-state index is -0.787. The fourth-order valence-corrected chi connectivity index (χ4v) is 2.32. The molecule has 0 spiro atoms. The van der Waals surface area contributed by atoms with Gasteiger partial charge in [-0.05, 0) is 37.5 Å². The molecule has 19 heavy (non-hydrogen) atoms. The molecular weight excluding hydrogens is 242 g/mol. The SMILES string of the molecule is COc1cccc(C(C#N)C(=O)C2CCC(C)O2)c1. The number of carbonyl (C=O) groups excluding carboxylic acids is 1. The second kappa shape index (κ2) is 5.85. The molecule has 1 heterocycles. The Morgan fingerprint density at radius 3 is 2.89 bits per heavy atom. The lowest BCUT2D eigenvalue weighted by molar-refractivity contribution is -0.129. The van der Waals surface area contributed by atoms with Gasteiger partial charge in [-0.25, -0.2) is 0 Å². The van der Waals surface area contributed by atoms with Crippen LogP contribution in [0, 0.1) is 11.3 Å². The zero-order chi connectivity index (χ0) is 13.8. The zero-order valence-corrected chi connectivity index (χ0v) is 11.1. The van der Waals surface area contributed by atoms with Crippen molar-refractivity contribution >= 4 is 5.78 Å². The Bertz CT molecular complexity index is 506. The maximum atomic E-state index is 12.3. The first-order valence-corrected chi connectivity index (χ1v) is 6.38. The molecule has 3 atom stereocenters. The average molecular weight is 259 g/mol. The molecule has 2 rings (SSSR count). The van der Waals surface area contributed by atoms with Gasteiger partial charge in [-0.2, -0.15) is 5.26 Å². The number of nitriles is 1. The van der Waals surface area contributed by atoms with E-state index in [0.29, 0.717) is 17.7 Å². The van der Waals surface area contributed by atoms with Gasteiger partial charge < -0.3 is 9.47 Å². The van der Waals surface area contributed by atoms with Gasteiger partial charge in [-0.1, -0.05) is 12.1 Å². The summed E-state index contributed by atoms with van der Waals surface area (Å²) < 4.78 is 10.7. The first-order chi connectivity index (χ1) is 9.15. The Balaban J connectivity index is 2.19. The van der Waals surface area contributed by atoms with E-state index in [-0.39, 0.29) is 11.9 Å². The first kappa shape index (κ1) is 13.6.